The first kappa shape index (κ1) is 20.9. The molecule has 0 saturated carbocycles. The number of aliphatic hydroxyl groups excluding tert-OH is 1. The first-order valence-electron chi connectivity index (χ1n) is 8.63. The van der Waals surface area contributed by atoms with Crippen LogP contribution in [0.15, 0.2) is 30.3 Å². The van der Waals surface area contributed by atoms with Crippen LogP contribution >= 0.6 is 0 Å². The average Bonchev–Trinajstić information content (AvgIpc) is 2.54. The van der Waals surface area contributed by atoms with Gasteiger partial charge >= 0.3 is 6.09 Å². The summed E-state index contributed by atoms with van der Waals surface area (Å²) in [5, 5.41) is 33.7. The Hall–Kier alpha value is -2.10. The lowest BCUT2D eigenvalue weighted by Crippen LogP contribution is -2.49. The maximum absolute atomic E-state index is 11.0. The standard InChI is InChI=1S/C19H29N3O3/c1-19(2,10-6-7-11-20)14-21-13-17(23)16(22-18(24)25)12-15-8-4-3-5-9-15/h3-5,8-9,16-17,21-23H,6-7,10,12-14H2,1-2H3,(H,24,25)/t16-,17-/m0/s1. The van der Waals surface area contributed by atoms with Crippen LogP contribution in [-0.4, -0.2) is 41.5 Å². The number of rotatable bonds is 11. The molecule has 0 bridgehead atoms. The van der Waals surface area contributed by atoms with Crippen LogP contribution < -0.4 is 10.6 Å². The smallest absolute Gasteiger partial charge is 0.404 e. The molecule has 1 rings (SSSR count). The Morgan fingerprint density at radius 2 is 2.00 bits per heavy atom. The van der Waals surface area contributed by atoms with Gasteiger partial charge in [0, 0.05) is 19.5 Å². The fourth-order valence-corrected chi connectivity index (χ4v) is 2.74. The van der Waals surface area contributed by atoms with Gasteiger partial charge in [-0.25, -0.2) is 4.79 Å². The van der Waals surface area contributed by atoms with E-state index < -0.39 is 18.2 Å². The summed E-state index contributed by atoms with van der Waals surface area (Å²) >= 11 is 0. The number of hydrogen-bond acceptors (Lipinski definition) is 4. The van der Waals surface area contributed by atoms with Crippen molar-refractivity contribution >= 4 is 6.09 Å². The topological polar surface area (TPSA) is 105 Å². The van der Waals surface area contributed by atoms with E-state index in [1.165, 1.54) is 0 Å². The summed E-state index contributed by atoms with van der Waals surface area (Å²) in [6.45, 7) is 5.22. The third-order valence-electron chi connectivity index (χ3n) is 4.17. The summed E-state index contributed by atoms with van der Waals surface area (Å²) in [6, 6.07) is 11.1. The molecule has 0 aliphatic heterocycles. The molecule has 0 fully saturated rings. The van der Waals surface area contributed by atoms with E-state index in [2.05, 4.69) is 30.6 Å². The van der Waals surface area contributed by atoms with Crippen molar-refractivity contribution in [3.05, 3.63) is 35.9 Å². The SMILES string of the molecule is CC(C)(CCCC#N)CNC[C@H](O)[C@H](Cc1ccccc1)NC(=O)O. The van der Waals surface area contributed by atoms with E-state index in [1.807, 2.05) is 30.3 Å². The minimum atomic E-state index is -1.14. The number of unbranched alkanes of at least 4 members (excludes halogenated alkanes) is 1. The van der Waals surface area contributed by atoms with E-state index in [4.69, 9.17) is 10.4 Å². The summed E-state index contributed by atoms with van der Waals surface area (Å²) in [4.78, 5) is 11.0. The highest BCUT2D eigenvalue weighted by molar-refractivity contribution is 5.65. The van der Waals surface area contributed by atoms with Crippen LogP contribution in [0.1, 0.15) is 38.7 Å². The average molecular weight is 347 g/mol. The van der Waals surface area contributed by atoms with Crippen LogP contribution in [-0.2, 0) is 6.42 Å². The monoisotopic (exact) mass is 347 g/mol. The van der Waals surface area contributed by atoms with Gasteiger partial charge in [0.25, 0.3) is 0 Å². The number of nitrogens with zero attached hydrogens (tertiary/aromatic N) is 1. The molecule has 6 nitrogen and oxygen atoms in total. The molecule has 0 unspecified atom stereocenters. The molecule has 1 amide bonds. The van der Waals surface area contributed by atoms with Crippen molar-refractivity contribution in [2.24, 2.45) is 5.41 Å². The Kier molecular flexibility index (Phi) is 8.96. The van der Waals surface area contributed by atoms with Gasteiger partial charge in [0.05, 0.1) is 18.2 Å². The van der Waals surface area contributed by atoms with Crippen LogP contribution in [0.2, 0.25) is 0 Å². The second kappa shape index (κ2) is 10.7. The van der Waals surface area contributed by atoms with Gasteiger partial charge in [-0.1, -0.05) is 44.2 Å². The highest BCUT2D eigenvalue weighted by Gasteiger charge is 2.23. The van der Waals surface area contributed by atoms with Gasteiger partial charge < -0.3 is 20.8 Å². The number of carboxylic acid groups (broad SMARTS) is 1. The molecule has 0 aliphatic carbocycles. The molecule has 6 heteroatoms. The van der Waals surface area contributed by atoms with Crippen molar-refractivity contribution < 1.29 is 15.0 Å². The fourth-order valence-electron chi connectivity index (χ4n) is 2.74. The minimum absolute atomic E-state index is 0.0196. The Labute approximate surface area is 149 Å². The van der Waals surface area contributed by atoms with Crippen molar-refractivity contribution in [1.29, 1.82) is 5.26 Å². The molecule has 2 atom stereocenters. The molecule has 25 heavy (non-hydrogen) atoms. The molecule has 0 spiro atoms. The van der Waals surface area contributed by atoms with Crippen molar-refractivity contribution in [2.75, 3.05) is 13.1 Å². The number of amides is 1. The van der Waals surface area contributed by atoms with Crippen molar-refractivity contribution in [3.63, 3.8) is 0 Å². The quantitative estimate of drug-likeness (QED) is 0.460. The van der Waals surface area contributed by atoms with Gasteiger partial charge in [-0.05, 0) is 30.2 Å². The normalized spacial score (nSPS) is 13.7. The predicted octanol–water partition coefficient (Wildman–Crippen LogP) is 2.54. The molecule has 138 valence electrons. The maximum atomic E-state index is 11.0. The first-order chi connectivity index (χ1) is 11.8. The predicted molar refractivity (Wildman–Crippen MR) is 97.2 cm³/mol. The van der Waals surface area contributed by atoms with E-state index in [1.54, 1.807) is 0 Å². The van der Waals surface area contributed by atoms with Crippen LogP contribution in [0.4, 0.5) is 4.79 Å². The minimum Gasteiger partial charge on any atom is -0.465 e. The van der Waals surface area contributed by atoms with Gasteiger partial charge in [-0.15, -0.1) is 0 Å². The van der Waals surface area contributed by atoms with Gasteiger partial charge in [-0.3, -0.25) is 0 Å². The van der Waals surface area contributed by atoms with Crippen molar-refractivity contribution in [3.8, 4) is 6.07 Å². The molecular formula is C19H29N3O3. The summed E-state index contributed by atoms with van der Waals surface area (Å²) < 4.78 is 0. The van der Waals surface area contributed by atoms with Crippen molar-refractivity contribution in [1.82, 2.24) is 10.6 Å². The number of nitriles is 1. The third-order valence-corrected chi connectivity index (χ3v) is 4.17. The summed E-state index contributed by atoms with van der Waals surface area (Å²) in [6.07, 6.45) is 0.785. The first-order valence-corrected chi connectivity index (χ1v) is 8.63. The van der Waals surface area contributed by atoms with Gasteiger partial charge in [0.15, 0.2) is 0 Å². The molecule has 0 aromatic heterocycles. The van der Waals surface area contributed by atoms with Gasteiger partial charge in [-0.2, -0.15) is 5.26 Å². The number of hydrogen-bond donors (Lipinski definition) is 4. The Morgan fingerprint density at radius 3 is 2.60 bits per heavy atom. The van der Waals surface area contributed by atoms with E-state index in [0.717, 1.165) is 18.4 Å². The molecule has 0 saturated heterocycles. The molecule has 1 aromatic carbocycles. The maximum Gasteiger partial charge on any atom is 0.404 e. The van der Waals surface area contributed by atoms with E-state index in [0.29, 0.717) is 25.9 Å². The van der Waals surface area contributed by atoms with Crippen LogP contribution in [0, 0.1) is 16.7 Å². The largest absolute Gasteiger partial charge is 0.465 e. The second-order valence-corrected chi connectivity index (χ2v) is 7.12. The van der Waals surface area contributed by atoms with E-state index >= 15 is 0 Å². The highest BCUT2D eigenvalue weighted by Crippen LogP contribution is 2.21. The summed E-state index contributed by atoms with van der Waals surface area (Å²) in [5.74, 6) is 0. The number of nitrogens with one attached hydrogen (secondary N) is 2. The Morgan fingerprint density at radius 1 is 1.32 bits per heavy atom. The van der Waals surface area contributed by atoms with E-state index in [-0.39, 0.29) is 5.41 Å². The molecular weight excluding hydrogens is 318 g/mol. The lowest BCUT2D eigenvalue weighted by Gasteiger charge is -2.28. The lowest BCUT2D eigenvalue weighted by atomic mass is 9.87. The molecule has 1 aromatic rings. The molecule has 0 aliphatic rings. The number of carbonyl (C=O) groups is 1. The molecule has 0 radical (unpaired) electrons. The van der Waals surface area contributed by atoms with Crippen LogP contribution in [0.3, 0.4) is 0 Å². The van der Waals surface area contributed by atoms with Crippen LogP contribution in [0.5, 0.6) is 0 Å². The second-order valence-electron chi connectivity index (χ2n) is 7.12. The van der Waals surface area contributed by atoms with Crippen LogP contribution in [0.25, 0.3) is 0 Å². The van der Waals surface area contributed by atoms with E-state index in [9.17, 15) is 9.90 Å². The fraction of sp³-hybridized carbons (Fsp3) is 0.579. The Bertz CT molecular complexity index is 555. The number of aliphatic hydroxyl groups is 1. The zero-order valence-electron chi connectivity index (χ0n) is 15.0. The summed E-state index contributed by atoms with van der Waals surface area (Å²) in [5.41, 5.74) is 0.989. The van der Waals surface area contributed by atoms with Gasteiger partial charge in [0.1, 0.15) is 0 Å². The lowest BCUT2D eigenvalue weighted by molar-refractivity contribution is 0.114. The Balaban J connectivity index is 2.50. The van der Waals surface area contributed by atoms with Gasteiger partial charge in [0.2, 0.25) is 0 Å². The molecule has 0 heterocycles. The van der Waals surface area contributed by atoms with Crippen molar-refractivity contribution in [2.45, 2.75) is 51.7 Å². The molecule has 4 N–H and O–H groups in total. The number of benzene rings is 1. The highest BCUT2D eigenvalue weighted by atomic mass is 16.4. The summed E-state index contributed by atoms with van der Waals surface area (Å²) in [7, 11) is 0. The zero-order chi connectivity index (χ0) is 18.7. The third kappa shape index (κ3) is 9.08. The zero-order valence-corrected chi connectivity index (χ0v) is 15.0.